The summed E-state index contributed by atoms with van der Waals surface area (Å²) in [6.07, 6.45) is 6.95. The van der Waals surface area contributed by atoms with Crippen LogP contribution in [0.3, 0.4) is 0 Å². The van der Waals surface area contributed by atoms with Crippen molar-refractivity contribution < 1.29 is 0 Å². The molecular formula is C15H21ClN4. The highest BCUT2D eigenvalue weighted by Crippen LogP contribution is 2.14. The van der Waals surface area contributed by atoms with E-state index in [0.29, 0.717) is 11.7 Å². The van der Waals surface area contributed by atoms with Crippen molar-refractivity contribution in [3.63, 3.8) is 0 Å². The molecule has 0 aromatic carbocycles. The van der Waals surface area contributed by atoms with Crippen LogP contribution in [-0.2, 0) is 19.5 Å². The Morgan fingerprint density at radius 2 is 2.20 bits per heavy atom. The topological polar surface area (TPSA) is 53.6 Å². The third kappa shape index (κ3) is 4.05. The molecule has 4 nitrogen and oxygen atoms in total. The van der Waals surface area contributed by atoms with Gasteiger partial charge in [-0.3, -0.25) is 4.98 Å². The molecule has 2 aromatic heterocycles. The zero-order chi connectivity index (χ0) is 14.4. The van der Waals surface area contributed by atoms with Crippen LogP contribution in [0.1, 0.15) is 42.4 Å². The van der Waals surface area contributed by atoms with Crippen LogP contribution in [0, 0.1) is 6.92 Å². The molecule has 0 radical (unpaired) electrons. The van der Waals surface area contributed by atoms with Crippen LogP contribution in [0.2, 0.25) is 5.15 Å². The maximum Gasteiger partial charge on any atom is 0.151 e. The molecule has 0 unspecified atom stereocenters. The van der Waals surface area contributed by atoms with Crippen LogP contribution in [0.15, 0.2) is 18.5 Å². The fourth-order valence-electron chi connectivity index (χ4n) is 2.02. The van der Waals surface area contributed by atoms with Crippen LogP contribution in [0.4, 0.5) is 0 Å². The zero-order valence-electron chi connectivity index (χ0n) is 12.0. The van der Waals surface area contributed by atoms with Gasteiger partial charge < -0.3 is 10.3 Å². The summed E-state index contributed by atoms with van der Waals surface area (Å²) in [7, 11) is 0. The number of aromatic amines is 1. The van der Waals surface area contributed by atoms with Crippen molar-refractivity contribution in [2.45, 2.75) is 46.2 Å². The number of nitrogens with one attached hydrogen (secondary N) is 2. The molecule has 0 aliphatic carbocycles. The van der Waals surface area contributed by atoms with Crippen molar-refractivity contribution in [2.24, 2.45) is 0 Å². The highest BCUT2D eigenvalue weighted by Gasteiger charge is 2.07. The van der Waals surface area contributed by atoms with Crippen LogP contribution < -0.4 is 5.32 Å². The predicted octanol–water partition coefficient (Wildman–Crippen LogP) is 3.40. The molecule has 5 heteroatoms. The fraction of sp³-hybridized carbons (Fsp3) is 0.467. The smallest absolute Gasteiger partial charge is 0.151 e. The van der Waals surface area contributed by atoms with Gasteiger partial charge >= 0.3 is 0 Å². The standard InChI is InChI=1S/C15H21ClN4/c1-3-4-5-14-19-13(15(16)20-14)10-18-9-12-8-17-7-6-11(12)2/h6-8,18H,3-5,9-10H2,1-2H3,(H,19,20). The second-order valence-electron chi connectivity index (χ2n) is 4.96. The van der Waals surface area contributed by atoms with E-state index in [-0.39, 0.29) is 0 Å². The molecule has 0 spiro atoms. The van der Waals surface area contributed by atoms with E-state index in [0.717, 1.165) is 37.3 Å². The molecule has 2 heterocycles. The maximum absolute atomic E-state index is 6.14. The van der Waals surface area contributed by atoms with E-state index in [1.165, 1.54) is 11.1 Å². The van der Waals surface area contributed by atoms with Gasteiger partial charge in [-0.1, -0.05) is 24.9 Å². The van der Waals surface area contributed by atoms with Crippen LogP contribution in [0.5, 0.6) is 0 Å². The molecule has 0 saturated carbocycles. The van der Waals surface area contributed by atoms with E-state index in [9.17, 15) is 0 Å². The Hall–Kier alpha value is -1.39. The molecule has 2 aromatic rings. The molecule has 0 atom stereocenters. The lowest BCUT2D eigenvalue weighted by atomic mass is 10.1. The largest absolute Gasteiger partial charge is 0.344 e. The number of pyridine rings is 1. The first-order valence-electron chi connectivity index (χ1n) is 7.04. The molecular weight excluding hydrogens is 272 g/mol. The van der Waals surface area contributed by atoms with Crippen molar-refractivity contribution in [2.75, 3.05) is 0 Å². The Labute approximate surface area is 125 Å². The summed E-state index contributed by atoms with van der Waals surface area (Å²) in [5, 5.41) is 3.95. The fourth-order valence-corrected chi connectivity index (χ4v) is 2.24. The van der Waals surface area contributed by atoms with Crippen LogP contribution in [0.25, 0.3) is 0 Å². The van der Waals surface area contributed by atoms with Gasteiger partial charge in [0.15, 0.2) is 5.15 Å². The first-order chi connectivity index (χ1) is 9.70. The van der Waals surface area contributed by atoms with Gasteiger partial charge in [0.05, 0.1) is 5.69 Å². The van der Waals surface area contributed by atoms with Crippen molar-refractivity contribution in [3.8, 4) is 0 Å². The number of hydrogen-bond acceptors (Lipinski definition) is 3. The van der Waals surface area contributed by atoms with Gasteiger partial charge in [-0.2, -0.15) is 0 Å². The zero-order valence-corrected chi connectivity index (χ0v) is 12.8. The number of unbranched alkanes of at least 4 members (excludes halogenated alkanes) is 1. The Morgan fingerprint density at radius 3 is 2.95 bits per heavy atom. The average Bonchev–Trinajstić information content (AvgIpc) is 2.79. The summed E-state index contributed by atoms with van der Waals surface area (Å²) in [6.45, 7) is 5.72. The van der Waals surface area contributed by atoms with E-state index in [1.54, 1.807) is 0 Å². The number of aromatic nitrogens is 3. The van der Waals surface area contributed by atoms with Gasteiger partial charge in [0, 0.05) is 31.9 Å². The average molecular weight is 293 g/mol. The third-order valence-corrected chi connectivity index (χ3v) is 3.62. The Balaban J connectivity index is 1.88. The molecule has 0 saturated heterocycles. The number of imidazole rings is 1. The normalized spacial score (nSPS) is 10.9. The van der Waals surface area contributed by atoms with Gasteiger partial charge in [0.1, 0.15) is 5.82 Å². The molecule has 0 amide bonds. The molecule has 108 valence electrons. The first kappa shape index (κ1) is 15.0. The van der Waals surface area contributed by atoms with Crippen molar-refractivity contribution in [3.05, 3.63) is 46.3 Å². The van der Waals surface area contributed by atoms with E-state index >= 15 is 0 Å². The minimum absolute atomic E-state index is 0.575. The van der Waals surface area contributed by atoms with Crippen molar-refractivity contribution in [1.29, 1.82) is 0 Å². The minimum Gasteiger partial charge on any atom is -0.344 e. The van der Waals surface area contributed by atoms with Crippen LogP contribution in [-0.4, -0.2) is 15.0 Å². The second kappa shape index (κ2) is 7.41. The second-order valence-corrected chi connectivity index (χ2v) is 5.32. The number of halogens is 1. The highest BCUT2D eigenvalue weighted by molar-refractivity contribution is 6.30. The lowest BCUT2D eigenvalue weighted by Gasteiger charge is -2.06. The van der Waals surface area contributed by atoms with E-state index in [1.807, 2.05) is 18.5 Å². The van der Waals surface area contributed by atoms with Crippen molar-refractivity contribution >= 4 is 11.6 Å². The maximum atomic E-state index is 6.14. The summed E-state index contributed by atoms with van der Waals surface area (Å²) in [6, 6.07) is 2.02. The monoisotopic (exact) mass is 292 g/mol. The number of hydrogen-bond donors (Lipinski definition) is 2. The molecule has 20 heavy (non-hydrogen) atoms. The van der Waals surface area contributed by atoms with Crippen molar-refractivity contribution in [1.82, 2.24) is 20.3 Å². The van der Waals surface area contributed by atoms with Gasteiger partial charge in [-0.05, 0) is 30.5 Å². The summed E-state index contributed by atoms with van der Waals surface area (Å²) in [5.74, 6) is 0.978. The first-order valence-corrected chi connectivity index (χ1v) is 7.42. The third-order valence-electron chi connectivity index (χ3n) is 3.31. The van der Waals surface area contributed by atoms with E-state index in [4.69, 9.17) is 11.6 Å². The van der Waals surface area contributed by atoms with E-state index in [2.05, 4.69) is 34.1 Å². The predicted molar refractivity (Wildman–Crippen MR) is 81.7 cm³/mol. The van der Waals surface area contributed by atoms with E-state index < -0.39 is 0 Å². The van der Waals surface area contributed by atoms with Gasteiger partial charge in [-0.15, -0.1) is 0 Å². The SMILES string of the molecule is CCCCc1nc(Cl)c(CNCc2cnccc2C)[nH]1. The number of aryl methyl sites for hydroxylation is 2. The molecule has 0 aliphatic rings. The Kier molecular flexibility index (Phi) is 5.56. The van der Waals surface area contributed by atoms with Gasteiger partial charge in [-0.25, -0.2) is 4.98 Å². The number of H-pyrrole nitrogens is 1. The Morgan fingerprint density at radius 1 is 1.35 bits per heavy atom. The molecule has 0 fully saturated rings. The summed E-state index contributed by atoms with van der Waals surface area (Å²) < 4.78 is 0. The van der Waals surface area contributed by atoms with Gasteiger partial charge in [0.25, 0.3) is 0 Å². The number of nitrogens with zero attached hydrogens (tertiary/aromatic N) is 2. The lowest BCUT2D eigenvalue weighted by molar-refractivity contribution is 0.674. The molecule has 2 rings (SSSR count). The molecule has 0 bridgehead atoms. The molecule has 2 N–H and O–H groups in total. The lowest BCUT2D eigenvalue weighted by Crippen LogP contribution is -2.14. The Bertz CT molecular complexity index is 551. The number of rotatable bonds is 7. The quantitative estimate of drug-likeness (QED) is 0.822. The molecule has 0 aliphatic heterocycles. The van der Waals surface area contributed by atoms with Crippen LogP contribution >= 0.6 is 11.6 Å². The minimum atomic E-state index is 0.575. The summed E-state index contributed by atoms with van der Waals surface area (Å²) in [4.78, 5) is 11.8. The van der Waals surface area contributed by atoms with Gasteiger partial charge in [0.2, 0.25) is 0 Å². The highest BCUT2D eigenvalue weighted by atomic mass is 35.5. The summed E-state index contributed by atoms with van der Waals surface area (Å²) in [5.41, 5.74) is 3.40. The summed E-state index contributed by atoms with van der Waals surface area (Å²) >= 11 is 6.14.